The highest BCUT2D eigenvalue weighted by atomic mass is 16.3. The number of amides is 1. The van der Waals surface area contributed by atoms with Crippen LogP contribution < -0.4 is 10.2 Å². The number of rotatable bonds is 4. The number of hydrogen-bond donors (Lipinski definition) is 2. The van der Waals surface area contributed by atoms with Gasteiger partial charge < -0.3 is 15.3 Å². The number of β-amino-alcohol motifs (C(OH)–C–C–N with tert-alkyl or cyclic N) is 1. The molecule has 3 rings (SSSR count). The van der Waals surface area contributed by atoms with E-state index >= 15 is 0 Å². The largest absolute Gasteiger partial charge is 0.386 e. The molecule has 0 radical (unpaired) electrons. The summed E-state index contributed by atoms with van der Waals surface area (Å²) in [5.74, 6) is 0.331. The second kappa shape index (κ2) is 6.92. The highest BCUT2D eigenvalue weighted by Gasteiger charge is 2.34. The first-order valence-corrected chi connectivity index (χ1v) is 8.02. The van der Waals surface area contributed by atoms with Crippen molar-refractivity contribution >= 4 is 11.9 Å². The predicted molar refractivity (Wildman–Crippen MR) is 89.7 cm³/mol. The molecule has 1 fully saturated rings. The van der Waals surface area contributed by atoms with Gasteiger partial charge in [0, 0.05) is 31.7 Å². The Balaban J connectivity index is 1.64. The Morgan fingerprint density at radius 3 is 2.79 bits per heavy atom. The molecule has 1 atom stereocenters. The molecule has 0 bridgehead atoms. The number of aromatic nitrogens is 3. The van der Waals surface area contributed by atoms with Crippen molar-refractivity contribution in [3.05, 3.63) is 48.0 Å². The Hall–Kier alpha value is -2.54. The number of anilines is 1. The number of carbonyl (C=O) groups is 1. The molecule has 1 amide bonds. The van der Waals surface area contributed by atoms with Crippen molar-refractivity contribution in [3.63, 3.8) is 0 Å². The highest BCUT2D eigenvalue weighted by Crippen LogP contribution is 2.23. The monoisotopic (exact) mass is 327 g/mol. The van der Waals surface area contributed by atoms with Crippen molar-refractivity contribution in [1.82, 2.24) is 20.3 Å². The number of nitrogens with zero attached hydrogens (tertiary/aromatic N) is 4. The molecule has 7 heteroatoms. The maximum Gasteiger partial charge on any atom is 0.270 e. The summed E-state index contributed by atoms with van der Waals surface area (Å²) < 4.78 is 0. The highest BCUT2D eigenvalue weighted by molar-refractivity contribution is 5.93. The van der Waals surface area contributed by atoms with E-state index in [2.05, 4.69) is 20.3 Å². The van der Waals surface area contributed by atoms with E-state index in [1.807, 2.05) is 17.9 Å². The van der Waals surface area contributed by atoms with Gasteiger partial charge in [0.05, 0.1) is 12.1 Å². The van der Waals surface area contributed by atoms with Crippen LogP contribution in [-0.2, 0) is 0 Å². The minimum absolute atomic E-state index is 0.172. The fraction of sp³-hybridized carbons (Fsp3) is 0.412. The maximum absolute atomic E-state index is 12.3. The lowest BCUT2D eigenvalue weighted by molar-refractivity contribution is 0.0251. The van der Waals surface area contributed by atoms with Crippen molar-refractivity contribution < 1.29 is 9.90 Å². The van der Waals surface area contributed by atoms with Gasteiger partial charge in [0.1, 0.15) is 5.69 Å². The maximum atomic E-state index is 12.3. The summed E-state index contributed by atoms with van der Waals surface area (Å²) in [5.41, 5.74) is 0.195. The van der Waals surface area contributed by atoms with Crippen LogP contribution in [0.3, 0.4) is 0 Å². The van der Waals surface area contributed by atoms with Crippen LogP contribution in [0.5, 0.6) is 0 Å². The molecular weight excluding hydrogens is 306 g/mol. The summed E-state index contributed by atoms with van der Waals surface area (Å²) in [6.45, 7) is 3.19. The van der Waals surface area contributed by atoms with Crippen LogP contribution in [0.2, 0.25) is 0 Å². The number of aliphatic hydroxyl groups is 1. The normalized spacial score (nSPS) is 20.7. The number of aryl methyl sites for hydroxylation is 1. The lowest BCUT2D eigenvalue weighted by atomic mass is 9.93. The first-order valence-electron chi connectivity index (χ1n) is 8.02. The number of pyridine rings is 1. The van der Waals surface area contributed by atoms with Crippen LogP contribution in [0.15, 0.2) is 36.8 Å². The van der Waals surface area contributed by atoms with E-state index in [1.165, 1.54) is 0 Å². The van der Waals surface area contributed by atoms with Crippen molar-refractivity contribution in [2.75, 3.05) is 24.5 Å². The van der Waals surface area contributed by atoms with E-state index in [-0.39, 0.29) is 12.5 Å². The van der Waals surface area contributed by atoms with Crippen molar-refractivity contribution in [1.29, 1.82) is 0 Å². The SMILES string of the molecule is Cc1cccnc1C(=O)NCC1(O)CCCN(c2ncccn2)C1. The van der Waals surface area contributed by atoms with E-state index in [0.717, 1.165) is 18.5 Å². The summed E-state index contributed by atoms with van der Waals surface area (Å²) >= 11 is 0. The molecule has 1 aliphatic heterocycles. The van der Waals surface area contributed by atoms with Gasteiger partial charge in [0.15, 0.2) is 0 Å². The van der Waals surface area contributed by atoms with Gasteiger partial charge in [-0.2, -0.15) is 0 Å². The van der Waals surface area contributed by atoms with Crippen LogP contribution in [-0.4, -0.2) is 51.2 Å². The molecule has 0 spiro atoms. The third-order valence-electron chi connectivity index (χ3n) is 4.19. The van der Waals surface area contributed by atoms with Gasteiger partial charge >= 0.3 is 0 Å². The van der Waals surface area contributed by atoms with Crippen molar-refractivity contribution in [3.8, 4) is 0 Å². The molecule has 126 valence electrons. The van der Waals surface area contributed by atoms with Gasteiger partial charge in [-0.15, -0.1) is 0 Å². The van der Waals surface area contributed by atoms with E-state index in [0.29, 0.717) is 24.6 Å². The summed E-state index contributed by atoms with van der Waals surface area (Å²) in [7, 11) is 0. The Kier molecular flexibility index (Phi) is 4.71. The Morgan fingerprint density at radius 2 is 2.04 bits per heavy atom. The zero-order valence-electron chi connectivity index (χ0n) is 13.6. The molecule has 1 saturated heterocycles. The fourth-order valence-electron chi connectivity index (χ4n) is 2.93. The third-order valence-corrected chi connectivity index (χ3v) is 4.19. The number of nitrogens with one attached hydrogen (secondary N) is 1. The van der Waals surface area contributed by atoms with E-state index < -0.39 is 5.60 Å². The smallest absolute Gasteiger partial charge is 0.270 e. The molecule has 7 nitrogen and oxygen atoms in total. The van der Waals surface area contributed by atoms with E-state index in [1.54, 1.807) is 30.7 Å². The lowest BCUT2D eigenvalue weighted by Crippen LogP contribution is -2.54. The van der Waals surface area contributed by atoms with E-state index in [9.17, 15) is 9.90 Å². The third kappa shape index (κ3) is 3.68. The minimum atomic E-state index is -1.00. The lowest BCUT2D eigenvalue weighted by Gasteiger charge is -2.39. The number of hydrogen-bond acceptors (Lipinski definition) is 6. The molecule has 0 aliphatic carbocycles. The van der Waals surface area contributed by atoms with Crippen LogP contribution in [0.4, 0.5) is 5.95 Å². The number of carbonyl (C=O) groups excluding carboxylic acids is 1. The summed E-state index contributed by atoms with van der Waals surface area (Å²) in [6.07, 6.45) is 6.39. The standard InChI is InChI=1S/C17H21N5O2/c1-13-5-2-7-18-14(13)15(23)21-11-17(24)6-3-10-22(12-17)16-19-8-4-9-20-16/h2,4-5,7-9,24H,3,6,10-12H2,1H3,(H,21,23). The molecule has 0 saturated carbocycles. The van der Waals surface area contributed by atoms with Gasteiger partial charge in [-0.1, -0.05) is 6.07 Å². The minimum Gasteiger partial charge on any atom is -0.386 e. The zero-order valence-corrected chi connectivity index (χ0v) is 13.6. The molecular formula is C17H21N5O2. The van der Waals surface area contributed by atoms with Crippen LogP contribution in [0, 0.1) is 6.92 Å². The first kappa shape index (κ1) is 16.3. The van der Waals surface area contributed by atoms with Crippen LogP contribution in [0.25, 0.3) is 0 Å². The Morgan fingerprint density at radius 1 is 1.29 bits per heavy atom. The van der Waals surface area contributed by atoms with E-state index in [4.69, 9.17) is 0 Å². The van der Waals surface area contributed by atoms with Crippen molar-refractivity contribution in [2.24, 2.45) is 0 Å². The average Bonchev–Trinajstić information content (AvgIpc) is 2.61. The summed E-state index contributed by atoms with van der Waals surface area (Å²) in [6, 6.07) is 5.39. The second-order valence-electron chi connectivity index (χ2n) is 6.15. The summed E-state index contributed by atoms with van der Waals surface area (Å²) in [5, 5.41) is 13.6. The summed E-state index contributed by atoms with van der Waals surface area (Å²) in [4.78, 5) is 26.8. The Labute approximate surface area is 140 Å². The average molecular weight is 327 g/mol. The predicted octanol–water partition coefficient (Wildman–Crippen LogP) is 0.941. The van der Waals surface area contributed by atoms with Gasteiger partial charge in [-0.25, -0.2) is 9.97 Å². The van der Waals surface area contributed by atoms with Gasteiger partial charge in [-0.3, -0.25) is 9.78 Å². The Bertz CT molecular complexity index is 709. The molecule has 2 N–H and O–H groups in total. The molecule has 3 heterocycles. The number of piperidine rings is 1. The van der Waals surface area contributed by atoms with Crippen molar-refractivity contribution in [2.45, 2.75) is 25.4 Å². The topological polar surface area (TPSA) is 91.2 Å². The molecule has 24 heavy (non-hydrogen) atoms. The first-order chi connectivity index (χ1) is 11.6. The molecule has 0 aromatic carbocycles. The molecule has 1 aliphatic rings. The molecule has 2 aromatic heterocycles. The molecule has 1 unspecified atom stereocenters. The zero-order chi connectivity index (χ0) is 17.0. The van der Waals surface area contributed by atoms with Crippen LogP contribution in [0.1, 0.15) is 28.9 Å². The van der Waals surface area contributed by atoms with Gasteiger partial charge in [0.25, 0.3) is 5.91 Å². The fourth-order valence-corrected chi connectivity index (χ4v) is 2.93. The quantitative estimate of drug-likeness (QED) is 0.868. The van der Waals surface area contributed by atoms with Gasteiger partial charge in [0.2, 0.25) is 5.95 Å². The molecule has 2 aromatic rings. The van der Waals surface area contributed by atoms with Crippen LogP contribution >= 0.6 is 0 Å². The van der Waals surface area contributed by atoms with Gasteiger partial charge in [-0.05, 0) is 37.5 Å². The second-order valence-corrected chi connectivity index (χ2v) is 6.15.